The second kappa shape index (κ2) is 3.75. The Bertz CT molecular complexity index is 424. The molecule has 0 saturated carbocycles. The van der Waals surface area contributed by atoms with Crippen molar-refractivity contribution in [1.29, 1.82) is 5.26 Å². The van der Waals surface area contributed by atoms with Crippen molar-refractivity contribution in [3.05, 3.63) is 29.1 Å². The number of hydrogen-bond donors (Lipinski definition) is 2. The molecule has 0 aliphatic carbocycles. The maximum atomic E-state index is 13.1. The molecule has 0 radical (unpaired) electrons. The van der Waals surface area contributed by atoms with Crippen LogP contribution in [0.25, 0.3) is 0 Å². The smallest absolute Gasteiger partial charge is 0.307 e. The third-order valence-corrected chi connectivity index (χ3v) is 1.68. The molecular weight excluding hydrogens is 187 g/mol. The first kappa shape index (κ1) is 9.99. The fourth-order valence-corrected chi connectivity index (χ4v) is 1.03. The van der Waals surface area contributed by atoms with Crippen LogP contribution in [0.1, 0.15) is 11.1 Å². The Hall–Kier alpha value is -2.09. The molecule has 0 atom stereocenters. The summed E-state index contributed by atoms with van der Waals surface area (Å²) in [5.74, 6) is -1.87. The van der Waals surface area contributed by atoms with E-state index in [0.717, 1.165) is 6.07 Å². The molecule has 72 valence electrons. The van der Waals surface area contributed by atoms with E-state index in [1.807, 2.05) is 0 Å². The third-order valence-electron chi connectivity index (χ3n) is 1.68. The number of anilines is 1. The first-order chi connectivity index (χ1) is 6.54. The van der Waals surface area contributed by atoms with E-state index < -0.39 is 18.2 Å². The standard InChI is InChI=1S/C9H7FN2O2/c10-7-1-6(4-11)8(12)2-5(7)3-9(13)14/h1-2H,3,12H2,(H,13,14). The number of nitriles is 1. The zero-order chi connectivity index (χ0) is 10.7. The largest absolute Gasteiger partial charge is 0.481 e. The van der Waals surface area contributed by atoms with Gasteiger partial charge in [0.2, 0.25) is 0 Å². The van der Waals surface area contributed by atoms with Gasteiger partial charge in [-0.2, -0.15) is 5.26 Å². The first-order valence-electron chi connectivity index (χ1n) is 3.74. The lowest BCUT2D eigenvalue weighted by Gasteiger charge is -2.03. The van der Waals surface area contributed by atoms with Crippen LogP contribution in [0, 0.1) is 17.1 Å². The van der Waals surface area contributed by atoms with Crippen molar-refractivity contribution >= 4 is 11.7 Å². The summed E-state index contributed by atoms with van der Waals surface area (Å²) in [4.78, 5) is 10.3. The molecule has 0 fully saturated rings. The second-order valence-electron chi connectivity index (χ2n) is 2.71. The van der Waals surface area contributed by atoms with Crippen molar-refractivity contribution in [3.8, 4) is 6.07 Å². The van der Waals surface area contributed by atoms with Crippen LogP contribution in [-0.2, 0) is 11.2 Å². The molecule has 0 spiro atoms. The number of nitrogens with zero attached hydrogens (tertiary/aromatic N) is 1. The summed E-state index contributed by atoms with van der Waals surface area (Å²) in [5, 5.41) is 16.9. The summed E-state index contributed by atoms with van der Waals surface area (Å²) >= 11 is 0. The summed E-state index contributed by atoms with van der Waals surface area (Å²) < 4.78 is 13.1. The third kappa shape index (κ3) is 1.98. The molecule has 5 heteroatoms. The Morgan fingerprint density at radius 1 is 1.64 bits per heavy atom. The van der Waals surface area contributed by atoms with Crippen LogP contribution in [0.4, 0.5) is 10.1 Å². The maximum Gasteiger partial charge on any atom is 0.307 e. The number of carbonyl (C=O) groups is 1. The molecule has 0 amide bonds. The van der Waals surface area contributed by atoms with Crippen molar-refractivity contribution in [3.63, 3.8) is 0 Å². The van der Waals surface area contributed by atoms with Gasteiger partial charge in [0.25, 0.3) is 0 Å². The van der Waals surface area contributed by atoms with Crippen LogP contribution >= 0.6 is 0 Å². The van der Waals surface area contributed by atoms with E-state index in [2.05, 4.69) is 0 Å². The van der Waals surface area contributed by atoms with E-state index >= 15 is 0 Å². The molecule has 0 heterocycles. The van der Waals surface area contributed by atoms with Gasteiger partial charge in [-0.15, -0.1) is 0 Å². The number of halogens is 1. The Morgan fingerprint density at radius 2 is 2.29 bits per heavy atom. The minimum absolute atomic E-state index is 0.0108. The highest BCUT2D eigenvalue weighted by Crippen LogP contribution is 2.17. The number of carboxylic acids is 1. The van der Waals surface area contributed by atoms with Gasteiger partial charge >= 0.3 is 5.97 Å². The average Bonchev–Trinajstić information content (AvgIpc) is 2.10. The van der Waals surface area contributed by atoms with Gasteiger partial charge in [-0.25, -0.2) is 4.39 Å². The summed E-state index contributed by atoms with van der Waals surface area (Å²) in [6, 6.07) is 3.81. The van der Waals surface area contributed by atoms with E-state index in [1.54, 1.807) is 6.07 Å². The molecule has 0 aromatic heterocycles. The zero-order valence-corrected chi connectivity index (χ0v) is 7.12. The molecule has 0 aliphatic heterocycles. The number of hydrogen-bond acceptors (Lipinski definition) is 3. The molecule has 4 nitrogen and oxygen atoms in total. The number of carboxylic acid groups (broad SMARTS) is 1. The quantitative estimate of drug-likeness (QED) is 0.685. The highest BCUT2D eigenvalue weighted by molar-refractivity contribution is 5.71. The second-order valence-corrected chi connectivity index (χ2v) is 2.71. The molecule has 0 bridgehead atoms. The summed E-state index contributed by atoms with van der Waals surface area (Å²) in [6.07, 6.45) is -0.443. The lowest BCUT2D eigenvalue weighted by Crippen LogP contribution is -2.04. The van der Waals surface area contributed by atoms with Crippen LogP contribution < -0.4 is 5.73 Å². The molecule has 14 heavy (non-hydrogen) atoms. The first-order valence-corrected chi connectivity index (χ1v) is 3.74. The van der Waals surface area contributed by atoms with Gasteiger partial charge in [0.15, 0.2) is 0 Å². The van der Waals surface area contributed by atoms with Crippen LogP contribution in [-0.4, -0.2) is 11.1 Å². The van der Waals surface area contributed by atoms with Gasteiger partial charge in [0.05, 0.1) is 12.0 Å². The van der Waals surface area contributed by atoms with Gasteiger partial charge in [-0.05, 0) is 12.1 Å². The van der Waals surface area contributed by atoms with Crippen molar-refractivity contribution in [1.82, 2.24) is 0 Å². The summed E-state index contributed by atoms with van der Waals surface area (Å²) in [5.41, 5.74) is 5.47. The van der Waals surface area contributed by atoms with Crippen LogP contribution in [0.15, 0.2) is 12.1 Å². The number of aliphatic carboxylic acids is 1. The SMILES string of the molecule is N#Cc1cc(F)c(CC(=O)O)cc1N. The number of nitrogen functional groups attached to an aromatic ring is 1. The van der Waals surface area contributed by atoms with Gasteiger partial charge in [-0.1, -0.05) is 0 Å². The highest BCUT2D eigenvalue weighted by atomic mass is 19.1. The minimum Gasteiger partial charge on any atom is -0.481 e. The molecule has 0 unspecified atom stereocenters. The van der Waals surface area contributed by atoms with Gasteiger partial charge < -0.3 is 10.8 Å². The zero-order valence-electron chi connectivity index (χ0n) is 7.12. The number of benzene rings is 1. The summed E-state index contributed by atoms with van der Waals surface area (Å²) in [7, 11) is 0. The van der Waals surface area contributed by atoms with Crippen LogP contribution in [0.5, 0.6) is 0 Å². The highest BCUT2D eigenvalue weighted by Gasteiger charge is 2.10. The normalized spacial score (nSPS) is 9.43. The van der Waals surface area contributed by atoms with E-state index in [-0.39, 0.29) is 16.8 Å². The fraction of sp³-hybridized carbons (Fsp3) is 0.111. The molecule has 0 saturated heterocycles. The van der Waals surface area contributed by atoms with Crippen molar-refractivity contribution < 1.29 is 14.3 Å². The number of rotatable bonds is 2. The van der Waals surface area contributed by atoms with Crippen molar-refractivity contribution in [2.24, 2.45) is 0 Å². The lowest BCUT2D eigenvalue weighted by molar-refractivity contribution is -0.136. The molecular formula is C9H7FN2O2. The number of nitrogens with two attached hydrogens (primary N) is 1. The monoisotopic (exact) mass is 194 g/mol. The predicted molar refractivity (Wildman–Crippen MR) is 46.9 cm³/mol. The Morgan fingerprint density at radius 3 is 2.79 bits per heavy atom. The lowest BCUT2D eigenvalue weighted by atomic mass is 10.1. The molecule has 1 rings (SSSR count). The minimum atomic E-state index is -1.15. The average molecular weight is 194 g/mol. The fourth-order valence-electron chi connectivity index (χ4n) is 1.03. The molecule has 1 aromatic rings. The Kier molecular flexibility index (Phi) is 2.67. The van der Waals surface area contributed by atoms with E-state index in [4.69, 9.17) is 16.1 Å². The molecule has 3 N–H and O–H groups in total. The Balaban J connectivity index is 3.16. The van der Waals surface area contributed by atoms with Gasteiger partial charge in [0, 0.05) is 11.3 Å². The predicted octanol–water partition coefficient (Wildman–Crippen LogP) is 0.907. The molecule has 0 aliphatic rings. The van der Waals surface area contributed by atoms with E-state index in [1.165, 1.54) is 6.07 Å². The summed E-state index contributed by atoms with van der Waals surface area (Å²) in [6.45, 7) is 0. The van der Waals surface area contributed by atoms with Crippen LogP contribution in [0.3, 0.4) is 0 Å². The van der Waals surface area contributed by atoms with Crippen molar-refractivity contribution in [2.75, 3.05) is 5.73 Å². The Labute approximate surface area is 79.4 Å². The van der Waals surface area contributed by atoms with Gasteiger partial charge in [-0.3, -0.25) is 4.79 Å². The van der Waals surface area contributed by atoms with Gasteiger partial charge in [0.1, 0.15) is 11.9 Å². The van der Waals surface area contributed by atoms with E-state index in [0.29, 0.717) is 0 Å². The topological polar surface area (TPSA) is 87.1 Å². The van der Waals surface area contributed by atoms with Crippen LogP contribution in [0.2, 0.25) is 0 Å². The molecule has 1 aromatic carbocycles. The van der Waals surface area contributed by atoms with Crippen molar-refractivity contribution in [2.45, 2.75) is 6.42 Å². The maximum absolute atomic E-state index is 13.1. The van der Waals surface area contributed by atoms with E-state index in [9.17, 15) is 9.18 Å².